The van der Waals surface area contributed by atoms with Crippen LogP contribution in [0.2, 0.25) is 0 Å². The first-order chi connectivity index (χ1) is 10.9. The van der Waals surface area contributed by atoms with Crippen LogP contribution >= 0.6 is 11.8 Å². The monoisotopic (exact) mass is 342 g/mol. The van der Waals surface area contributed by atoms with Gasteiger partial charge in [-0.15, -0.1) is 0 Å². The Morgan fingerprint density at radius 3 is 2.70 bits per heavy atom. The molecule has 0 fully saturated rings. The highest BCUT2D eigenvalue weighted by Crippen LogP contribution is 2.18. The summed E-state index contributed by atoms with van der Waals surface area (Å²) in [6, 6.07) is 3.25. The van der Waals surface area contributed by atoms with Gasteiger partial charge in [0, 0.05) is 30.5 Å². The number of aliphatic carboxylic acids is 1. The number of carboxylic acids is 1. The molecule has 23 heavy (non-hydrogen) atoms. The zero-order valence-corrected chi connectivity index (χ0v) is 13.4. The van der Waals surface area contributed by atoms with Crippen LogP contribution in [0.1, 0.15) is 30.3 Å². The van der Waals surface area contributed by atoms with E-state index in [0.717, 1.165) is 0 Å². The minimum atomic E-state index is -1.06. The van der Waals surface area contributed by atoms with Crippen molar-refractivity contribution in [2.75, 3.05) is 11.5 Å². The maximum absolute atomic E-state index is 12.2. The lowest BCUT2D eigenvalue weighted by Gasteiger charge is -2.12. The van der Waals surface area contributed by atoms with Crippen molar-refractivity contribution in [3.05, 3.63) is 24.0 Å². The molecule has 1 rings (SSSR count). The number of nitrogens with one attached hydrogen (secondary N) is 2. The van der Waals surface area contributed by atoms with Gasteiger partial charge in [-0.05, 0) is 12.1 Å². The lowest BCUT2D eigenvalue weighted by Crippen LogP contribution is -2.25. The number of hydrogen-bond acceptors (Lipinski definition) is 6. The number of carboxylic acid groups (broad SMARTS) is 1. The van der Waals surface area contributed by atoms with Crippen LogP contribution in [-0.4, -0.2) is 45.2 Å². The van der Waals surface area contributed by atoms with Gasteiger partial charge < -0.3 is 14.9 Å². The first-order valence-electron chi connectivity index (χ1n) is 6.83. The summed E-state index contributed by atoms with van der Waals surface area (Å²) in [5, 5.41) is 8.91. The molecule has 1 heterocycles. The number of hydrogen-bond donors (Lipinski definition) is 3. The molecule has 0 aliphatic rings. The van der Waals surface area contributed by atoms with E-state index in [9.17, 15) is 19.2 Å². The predicted octanol–water partition coefficient (Wildman–Crippen LogP) is 1.01. The number of H-pyrrole nitrogens is 1. The highest BCUT2D eigenvalue weighted by molar-refractivity contribution is 7.99. The summed E-state index contributed by atoms with van der Waals surface area (Å²) >= 11 is 1.28. The molecule has 3 N–H and O–H groups in total. The fourth-order valence-electron chi connectivity index (χ4n) is 1.70. The SMILES string of the molecule is CC(=O)NOC(=O)CCSC[C@H](CC(=O)O)C(=O)c1ccc[nH]1. The van der Waals surface area contributed by atoms with Crippen molar-refractivity contribution in [1.82, 2.24) is 10.5 Å². The molecule has 0 aliphatic heterocycles. The van der Waals surface area contributed by atoms with Crippen molar-refractivity contribution in [2.24, 2.45) is 5.92 Å². The molecule has 0 aliphatic carbocycles. The van der Waals surface area contributed by atoms with E-state index in [1.54, 1.807) is 18.3 Å². The number of thioether (sulfide) groups is 1. The molecule has 1 atom stereocenters. The first kappa shape index (κ1) is 18.8. The molecule has 8 nitrogen and oxygen atoms in total. The van der Waals surface area contributed by atoms with Crippen LogP contribution in [0.15, 0.2) is 18.3 Å². The van der Waals surface area contributed by atoms with Crippen molar-refractivity contribution in [3.63, 3.8) is 0 Å². The van der Waals surface area contributed by atoms with Crippen LogP contribution in [0.4, 0.5) is 0 Å². The molecule has 0 bridgehead atoms. The van der Waals surface area contributed by atoms with E-state index in [4.69, 9.17) is 5.11 Å². The summed E-state index contributed by atoms with van der Waals surface area (Å²) in [5.74, 6) is -2.46. The number of ketones is 1. The Kier molecular flexibility index (Phi) is 7.89. The molecular formula is C14H18N2O6S. The molecule has 0 spiro atoms. The number of aromatic nitrogens is 1. The highest BCUT2D eigenvalue weighted by Gasteiger charge is 2.23. The lowest BCUT2D eigenvalue weighted by molar-refractivity contribution is -0.157. The van der Waals surface area contributed by atoms with E-state index in [1.807, 2.05) is 5.48 Å². The Labute approximate surface area is 136 Å². The topological polar surface area (TPSA) is 126 Å². The summed E-state index contributed by atoms with van der Waals surface area (Å²) < 4.78 is 0. The second-order valence-corrected chi connectivity index (χ2v) is 5.85. The molecule has 9 heteroatoms. The van der Waals surface area contributed by atoms with E-state index in [-0.39, 0.29) is 24.4 Å². The summed E-state index contributed by atoms with van der Waals surface area (Å²) in [4.78, 5) is 52.2. The van der Waals surface area contributed by atoms with E-state index < -0.39 is 23.8 Å². The summed E-state index contributed by atoms with van der Waals surface area (Å²) in [7, 11) is 0. The third-order valence-corrected chi connectivity index (χ3v) is 3.86. The normalized spacial score (nSPS) is 11.5. The Bertz CT molecular complexity index is 558. The molecule has 0 aromatic carbocycles. The number of hydroxylamine groups is 1. The van der Waals surface area contributed by atoms with Gasteiger partial charge >= 0.3 is 11.9 Å². The number of Topliss-reactive ketones (excluding diaryl/α,β-unsaturated/α-hetero) is 1. The quantitative estimate of drug-likeness (QED) is 0.347. The lowest BCUT2D eigenvalue weighted by atomic mass is 10.0. The molecule has 1 aromatic rings. The molecule has 0 saturated carbocycles. The van der Waals surface area contributed by atoms with Gasteiger partial charge in [0.25, 0.3) is 0 Å². The number of aromatic amines is 1. The van der Waals surface area contributed by atoms with Crippen molar-refractivity contribution in [1.29, 1.82) is 0 Å². The van der Waals surface area contributed by atoms with Gasteiger partial charge in [-0.2, -0.15) is 17.2 Å². The fourth-order valence-corrected chi connectivity index (χ4v) is 2.73. The Morgan fingerprint density at radius 2 is 2.13 bits per heavy atom. The minimum absolute atomic E-state index is 0.0431. The fraction of sp³-hybridized carbons (Fsp3) is 0.429. The van der Waals surface area contributed by atoms with E-state index >= 15 is 0 Å². The number of amides is 1. The van der Waals surface area contributed by atoms with E-state index in [2.05, 4.69) is 9.82 Å². The molecule has 0 saturated heterocycles. The third kappa shape index (κ3) is 7.50. The van der Waals surface area contributed by atoms with Crippen LogP contribution < -0.4 is 5.48 Å². The van der Waals surface area contributed by atoms with Gasteiger partial charge in [0.2, 0.25) is 5.91 Å². The van der Waals surface area contributed by atoms with Gasteiger partial charge in [0.05, 0.1) is 18.5 Å². The predicted molar refractivity (Wildman–Crippen MR) is 82.7 cm³/mol. The third-order valence-electron chi connectivity index (χ3n) is 2.73. The molecule has 1 aromatic heterocycles. The second kappa shape index (κ2) is 9.67. The zero-order valence-electron chi connectivity index (χ0n) is 12.5. The Morgan fingerprint density at radius 1 is 1.39 bits per heavy atom. The number of rotatable bonds is 9. The average molecular weight is 342 g/mol. The first-order valence-corrected chi connectivity index (χ1v) is 7.99. The smallest absolute Gasteiger partial charge is 0.333 e. The van der Waals surface area contributed by atoms with Crippen molar-refractivity contribution in [3.8, 4) is 0 Å². The second-order valence-electron chi connectivity index (χ2n) is 4.70. The van der Waals surface area contributed by atoms with E-state index in [1.165, 1.54) is 18.7 Å². The van der Waals surface area contributed by atoms with Crippen LogP contribution in [0, 0.1) is 5.92 Å². The number of carbonyl (C=O) groups is 4. The molecule has 0 radical (unpaired) electrons. The standard InChI is InChI=1S/C14H18N2O6S/c1-9(17)16-22-13(20)4-6-23-8-10(7-12(18)19)14(21)11-3-2-5-15-11/h2-3,5,10,15H,4,6-8H2,1H3,(H,16,17)(H,18,19)/t10-/m0/s1. The molecule has 1 amide bonds. The van der Waals surface area contributed by atoms with E-state index in [0.29, 0.717) is 11.4 Å². The maximum atomic E-state index is 12.2. The zero-order chi connectivity index (χ0) is 17.2. The molecular weight excluding hydrogens is 324 g/mol. The van der Waals surface area contributed by atoms with Crippen LogP contribution in [0.5, 0.6) is 0 Å². The largest absolute Gasteiger partial charge is 0.481 e. The van der Waals surface area contributed by atoms with Crippen molar-refractivity contribution in [2.45, 2.75) is 19.8 Å². The molecule has 0 unspecified atom stereocenters. The van der Waals surface area contributed by atoms with Crippen molar-refractivity contribution >= 4 is 35.4 Å². The van der Waals surface area contributed by atoms with Gasteiger partial charge in [-0.3, -0.25) is 14.4 Å². The van der Waals surface area contributed by atoms with Crippen molar-refractivity contribution < 1.29 is 29.1 Å². The Balaban J connectivity index is 2.40. The van der Waals surface area contributed by atoms with Gasteiger partial charge in [-0.1, -0.05) is 0 Å². The summed E-state index contributed by atoms with van der Waals surface area (Å²) in [6.45, 7) is 1.21. The highest BCUT2D eigenvalue weighted by atomic mass is 32.2. The molecule has 126 valence electrons. The van der Waals surface area contributed by atoms with Crippen LogP contribution in [0.25, 0.3) is 0 Å². The summed E-state index contributed by atoms with van der Waals surface area (Å²) in [6.07, 6.45) is 1.36. The van der Waals surface area contributed by atoms with Gasteiger partial charge in [0.15, 0.2) is 5.78 Å². The van der Waals surface area contributed by atoms with Crippen LogP contribution in [-0.2, 0) is 19.2 Å². The Hall–Kier alpha value is -2.29. The number of carbonyl (C=O) groups excluding carboxylic acids is 3. The van der Waals surface area contributed by atoms with Crippen LogP contribution in [0.3, 0.4) is 0 Å². The maximum Gasteiger partial charge on any atom is 0.333 e. The minimum Gasteiger partial charge on any atom is -0.481 e. The van der Waals surface area contributed by atoms with Gasteiger partial charge in [-0.25, -0.2) is 4.79 Å². The average Bonchev–Trinajstić information content (AvgIpc) is 3.01. The van der Waals surface area contributed by atoms with Gasteiger partial charge in [0.1, 0.15) is 0 Å². The summed E-state index contributed by atoms with van der Waals surface area (Å²) in [5.41, 5.74) is 2.29.